The topological polar surface area (TPSA) is 57.6 Å². The molecule has 0 spiro atoms. The minimum atomic E-state index is -3.23. The summed E-state index contributed by atoms with van der Waals surface area (Å²) >= 11 is 0. The third-order valence-electron chi connectivity index (χ3n) is 1.43. The summed E-state index contributed by atoms with van der Waals surface area (Å²) in [4.78, 5) is 0. The first kappa shape index (κ1) is 10.9. The average Bonchev–Trinajstić information content (AvgIpc) is 1.86. The van der Waals surface area contributed by atoms with Crippen LogP contribution >= 0.6 is 0 Å². The minimum Gasteiger partial charge on any atom is -0.392 e. The quantitative estimate of drug-likeness (QED) is 0.645. The predicted molar refractivity (Wildman–Crippen MR) is 43.8 cm³/mol. The molecule has 1 unspecified atom stereocenters. The van der Waals surface area contributed by atoms with Crippen molar-refractivity contribution in [2.75, 3.05) is 19.8 Å². The van der Waals surface area contributed by atoms with Gasteiger partial charge in [-0.2, -0.15) is 0 Å². The van der Waals surface area contributed by atoms with Crippen molar-refractivity contribution >= 4 is 10.0 Å². The van der Waals surface area contributed by atoms with Gasteiger partial charge in [0.05, 0.1) is 11.9 Å². The number of rotatable bonds is 4. The molecule has 1 atom stereocenters. The molecule has 11 heavy (non-hydrogen) atoms. The highest BCUT2D eigenvalue weighted by Crippen LogP contribution is 2.00. The summed E-state index contributed by atoms with van der Waals surface area (Å²) in [6.45, 7) is 1.75. The van der Waals surface area contributed by atoms with Crippen LogP contribution in [0.2, 0.25) is 0 Å². The second-order valence-electron chi connectivity index (χ2n) is 2.62. The molecule has 0 aromatic rings. The highest BCUT2D eigenvalue weighted by molar-refractivity contribution is 7.89. The Labute approximate surface area is 67.9 Å². The Bertz CT molecular complexity index is 198. The number of aliphatic hydroxyl groups is 1. The maximum Gasteiger partial charge on any atom is 0.216 e. The molecular formula is C6H15NO3S. The lowest BCUT2D eigenvalue weighted by molar-refractivity contribution is 0.192. The Hall–Kier alpha value is -0.130. The zero-order valence-electron chi connectivity index (χ0n) is 7.11. The third kappa shape index (κ3) is 3.69. The van der Waals surface area contributed by atoms with Crippen molar-refractivity contribution < 1.29 is 13.5 Å². The van der Waals surface area contributed by atoms with Crippen LogP contribution in [0.4, 0.5) is 0 Å². The Morgan fingerprint density at radius 3 is 2.18 bits per heavy atom. The molecule has 0 bridgehead atoms. The summed E-state index contributed by atoms with van der Waals surface area (Å²) in [6, 6.07) is 0. The van der Waals surface area contributed by atoms with Crippen LogP contribution < -0.4 is 0 Å². The van der Waals surface area contributed by atoms with Crippen LogP contribution in [-0.2, 0) is 10.0 Å². The standard InChI is InChI=1S/C6H15NO3S/c1-4-6(8)5-11(9,10)7(2)3/h6,8H,4-5H2,1-3H3. The molecule has 5 heteroatoms. The highest BCUT2D eigenvalue weighted by Gasteiger charge is 2.17. The number of nitrogens with zero attached hydrogens (tertiary/aromatic N) is 1. The SMILES string of the molecule is CCC(O)CS(=O)(=O)N(C)C. The highest BCUT2D eigenvalue weighted by atomic mass is 32.2. The molecule has 0 heterocycles. The fraction of sp³-hybridized carbons (Fsp3) is 1.00. The number of sulfonamides is 1. The van der Waals surface area contributed by atoms with E-state index in [0.29, 0.717) is 6.42 Å². The largest absolute Gasteiger partial charge is 0.392 e. The van der Waals surface area contributed by atoms with Crippen LogP contribution in [0, 0.1) is 0 Å². The zero-order chi connectivity index (χ0) is 9.07. The molecule has 1 N–H and O–H groups in total. The van der Waals surface area contributed by atoms with E-state index in [4.69, 9.17) is 5.11 Å². The van der Waals surface area contributed by atoms with E-state index < -0.39 is 16.1 Å². The van der Waals surface area contributed by atoms with Gasteiger partial charge in [0, 0.05) is 14.1 Å². The second-order valence-corrected chi connectivity index (χ2v) is 4.85. The molecule has 0 fully saturated rings. The normalized spacial score (nSPS) is 15.4. The van der Waals surface area contributed by atoms with Gasteiger partial charge in [-0.05, 0) is 6.42 Å². The molecule has 0 saturated carbocycles. The average molecular weight is 181 g/mol. The van der Waals surface area contributed by atoms with Gasteiger partial charge in [-0.25, -0.2) is 12.7 Å². The number of hydrogen-bond acceptors (Lipinski definition) is 3. The van der Waals surface area contributed by atoms with E-state index in [1.54, 1.807) is 6.92 Å². The first-order valence-electron chi connectivity index (χ1n) is 3.48. The summed E-state index contributed by atoms with van der Waals surface area (Å²) in [6.07, 6.45) is -0.282. The van der Waals surface area contributed by atoms with Gasteiger partial charge in [-0.1, -0.05) is 6.92 Å². The molecule has 0 aliphatic heterocycles. The van der Waals surface area contributed by atoms with Crippen molar-refractivity contribution in [3.05, 3.63) is 0 Å². The molecule has 0 aliphatic rings. The van der Waals surface area contributed by atoms with Crippen molar-refractivity contribution in [1.82, 2.24) is 4.31 Å². The van der Waals surface area contributed by atoms with Gasteiger partial charge >= 0.3 is 0 Å². The van der Waals surface area contributed by atoms with Crippen LogP contribution in [0.5, 0.6) is 0 Å². The van der Waals surface area contributed by atoms with Crippen LogP contribution in [0.1, 0.15) is 13.3 Å². The summed E-state index contributed by atoms with van der Waals surface area (Å²) < 4.78 is 23.2. The molecule has 0 amide bonds. The van der Waals surface area contributed by atoms with Gasteiger partial charge < -0.3 is 5.11 Å². The van der Waals surface area contributed by atoms with Crippen molar-refractivity contribution in [1.29, 1.82) is 0 Å². The smallest absolute Gasteiger partial charge is 0.216 e. The van der Waals surface area contributed by atoms with Gasteiger partial charge in [0.25, 0.3) is 0 Å². The van der Waals surface area contributed by atoms with E-state index in [9.17, 15) is 8.42 Å². The molecular weight excluding hydrogens is 166 g/mol. The maximum atomic E-state index is 11.1. The van der Waals surface area contributed by atoms with Crippen molar-refractivity contribution in [3.63, 3.8) is 0 Å². The lowest BCUT2D eigenvalue weighted by Gasteiger charge is -2.13. The Kier molecular flexibility index (Phi) is 3.99. The van der Waals surface area contributed by atoms with Gasteiger partial charge in [0.1, 0.15) is 0 Å². The lowest BCUT2D eigenvalue weighted by Crippen LogP contribution is -2.30. The van der Waals surface area contributed by atoms with E-state index in [2.05, 4.69) is 0 Å². The van der Waals surface area contributed by atoms with E-state index in [0.717, 1.165) is 4.31 Å². The van der Waals surface area contributed by atoms with E-state index >= 15 is 0 Å². The lowest BCUT2D eigenvalue weighted by atomic mass is 10.3. The minimum absolute atomic E-state index is 0.184. The van der Waals surface area contributed by atoms with Gasteiger partial charge in [0.15, 0.2) is 0 Å². The fourth-order valence-corrected chi connectivity index (χ4v) is 1.53. The van der Waals surface area contributed by atoms with Crippen LogP contribution in [0.25, 0.3) is 0 Å². The van der Waals surface area contributed by atoms with Gasteiger partial charge in [-0.3, -0.25) is 0 Å². The molecule has 0 rings (SSSR count). The molecule has 0 aromatic carbocycles. The monoisotopic (exact) mass is 181 g/mol. The Morgan fingerprint density at radius 1 is 1.45 bits per heavy atom. The Balaban J connectivity index is 4.15. The van der Waals surface area contributed by atoms with Gasteiger partial charge in [-0.15, -0.1) is 0 Å². The molecule has 0 aliphatic carbocycles. The summed E-state index contributed by atoms with van der Waals surface area (Å²) in [5.74, 6) is -0.184. The fourth-order valence-electron chi connectivity index (χ4n) is 0.510. The van der Waals surface area contributed by atoms with Crippen LogP contribution in [0.15, 0.2) is 0 Å². The third-order valence-corrected chi connectivity index (χ3v) is 3.35. The summed E-state index contributed by atoms with van der Waals surface area (Å²) in [5.41, 5.74) is 0. The number of aliphatic hydroxyl groups excluding tert-OH is 1. The molecule has 0 aromatic heterocycles. The summed E-state index contributed by atoms with van der Waals surface area (Å²) in [5, 5.41) is 9.04. The van der Waals surface area contributed by atoms with Crippen molar-refractivity contribution in [2.24, 2.45) is 0 Å². The van der Waals surface area contributed by atoms with E-state index in [1.165, 1.54) is 14.1 Å². The first-order valence-corrected chi connectivity index (χ1v) is 5.09. The second kappa shape index (κ2) is 4.04. The van der Waals surface area contributed by atoms with Crippen LogP contribution in [0.3, 0.4) is 0 Å². The molecule has 68 valence electrons. The van der Waals surface area contributed by atoms with E-state index in [1.807, 2.05) is 0 Å². The Morgan fingerprint density at radius 2 is 1.91 bits per heavy atom. The van der Waals surface area contributed by atoms with E-state index in [-0.39, 0.29) is 5.75 Å². The molecule has 0 radical (unpaired) electrons. The zero-order valence-corrected chi connectivity index (χ0v) is 7.93. The van der Waals surface area contributed by atoms with Crippen molar-refractivity contribution in [2.45, 2.75) is 19.4 Å². The predicted octanol–water partition coefficient (Wildman–Crippen LogP) is -0.351. The van der Waals surface area contributed by atoms with Crippen molar-refractivity contribution in [3.8, 4) is 0 Å². The maximum absolute atomic E-state index is 11.1. The van der Waals surface area contributed by atoms with Crippen LogP contribution in [-0.4, -0.2) is 43.8 Å². The van der Waals surface area contributed by atoms with Gasteiger partial charge in [0.2, 0.25) is 10.0 Å². The molecule has 4 nitrogen and oxygen atoms in total. The summed E-state index contributed by atoms with van der Waals surface area (Å²) in [7, 11) is -0.314. The molecule has 0 saturated heterocycles. The number of hydrogen-bond donors (Lipinski definition) is 1. The first-order chi connectivity index (χ1) is 4.90.